The van der Waals surface area contributed by atoms with E-state index in [4.69, 9.17) is 14.7 Å². The van der Waals surface area contributed by atoms with Crippen molar-refractivity contribution < 1.29 is 24.3 Å². The van der Waals surface area contributed by atoms with Gasteiger partial charge >= 0.3 is 14.5 Å². The zero-order chi connectivity index (χ0) is 12.6. The molecule has 0 aliphatic carbocycles. The first-order valence-corrected chi connectivity index (χ1v) is 7.55. The van der Waals surface area contributed by atoms with Crippen LogP contribution >= 0.6 is 0 Å². The molecule has 0 aromatic heterocycles. The van der Waals surface area contributed by atoms with Crippen LogP contribution in [0.25, 0.3) is 0 Å². The summed E-state index contributed by atoms with van der Waals surface area (Å²) in [4.78, 5) is 39.2. The Bertz CT molecular complexity index is 272. The first-order chi connectivity index (χ1) is 7.31. The summed E-state index contributed by atoms with van der Waals surface area (Å²) >= 11 is 0. The highest BCUT2D eigenvalue weighted by Crippen LogP contribution is 2.05. The number of amides is 1. The molecule has 16 heavy (non-hydrogen) atoms. The highest BCUT2D eigenvalue weighted by molar-refractivity contribution is 6.63. The molecule has 0 aromatic rings. The van der Waals surface area contributed by atoms with Crippen molar-refractivity contribution in [3.05, 3.63) is 12.2 Å². The lowest BCUT2D eigenvalue weighted by molar-refractivity contribution is -0.131. The van der Waals surface area contributed by atoms with Gasteiger partial charge in [-0.15, -0.1) is 0 Å². The fourth-order valence-electron chi connectivity index (χ4n) is 1.00. The molecule has 6 nitrogen and oxygen atoms in total. The molecule has 0 aromatic carbocycles. The molecule has 0 radical (unpaired) electrons. The van der Waals surface area contributed by atoms with Crippen LogP contribution in [0.4, 0.5) is 0 Å². The Morgan fingerprint density at radius 2 is 1.88 bits per heavy atom. The largest absolute Gasteiger partial charge is 0.478 e. The van der Waals surface area contributed by atoms with Gasteiger partial charge in [0.25, 0.3) is 0 Å². The van der Waals surface area contributed by atoms with E-state index in [0.29, 0.717) is 25.4 Å². The van der Waals surface area contributed by atoms with Gasteiger partial charge in [-0.1, -0.05) is 0 Å². The van der Waals surface area contributed by atoms with Crippen LogP contribution in [0.15, 0.2) is 12.2 Å². The maximum absolute atomic E-state index is 11.0. The number of unbranched alkanes of at least 4 members (excludes halogenated alkanes) is 1. The molecular weight excluding hydrogens is 230 g/mol. The third-order valence-corrected chi connectivity index (χ3v) is 3.05. The third kappa shape index (κ3) is 10.9. The molecule has 0 aliphatic heterocycles. The first-order valence-electron chi connectivity index (χ1n) is 4.95. The maximum Gasteiger partial charge on any atom is 0.329 e. The van der Waals surface area contributed by atoms with E-state index in [-0.39, 0.29) is 0 Å². The van der Waals surface area contributed by atoms with Crippen LogP contribution in [0.2, 0.25) is 12.6 Å². The number of nitrogens with one attached hydrogen (secondary N) is 1. The predicted molar refractivity (Wildman–Crippen MR) is 59.9 cm³/mol. The Kier molecular flexibility index (Phi) is 6.62. The molecule has 0 rings (SSSR count). The van der Waals surface area contributed by atoms with Crippen LogP contribution in [0.3, 0.4) is 0 Å². The topological polar surface area (TPSA) is 107 Å². The van der Waals surface area contributed by atoms with Crippen molar-refractivity contribution >= 4 is 20.4 Å². The zero-order valence-electron chi connectivity index (χ0n) is 9.14. The van der Waals surface area contributed by atoms with Crippen LogP contribution in [0.5, 0.6) is 0 Å². The van der Waals surface area contributed by atoms with Crippen molar-refractivity contribution in [3.8, 4) is 0 Å². The Hall–Kier alpha value is -1.18. The highest BCUT2D eigenvalue weighted by atomic mass is 28.4. The molecule has 0 spiro atoms. The maximum atomic E-state index is 11.0. The summed E-state index contributed by atoms with van der Waals surface area (Å²) < 4.78 is 0. The lowest BCUT2D eigenvalue weighted by Gasteiger charge is -2.10. The number of hydrogen-bond acceptors (Lipinski definition) is 4. The summed E-state index contributed by atoms with van der Waals surface area (Å²) in [6, 6.07) is 0.369. The second-order valence-corrected chi connectivity index (χ2v) is 6.57. The minimum Gasteiger partial charge on any atom is -0.478 e. The zero-order valence-corrected chi connectivity index (χ0v) is 10.1. The quantitative estimate of drug-likeness (QED) is 0.278. The third-order valence-electron chi connectivity index (χ3n) is 1.75. The van der Waals surface area contributed by atoms with Crippen molar-refractivity contribution in [1.82, 2.24) is 5.32 Å². The molecule has 0 fully saturated rings. The summed E-state index contributed by atoms with van der Waals surface area (Å²) in [5.74, 6) is -1.63. The van der Waals surface area contributed by atoms with Gasteiger partial charge in [0, 0.05) is 18.7 Å². The van der Waals surface area contributed by atoms with E-state index in [1.54, 1.807) is 0 Å². The van der Waals surface area contributed by atoms with Crippen LogP contribution in [-0.2, 0) is 9.59 Å². The fraction of sp³-hybridized carbons (Fsp3) is 0.556. The molecular formula is C9H17NO5Si. The van der Waals surface area contributed by atoms with Gasteiger partial charge in [-0.25, -0.2) is 4.79 Å². The Morgan fingerprint density at radius 1 is 1.25 bits per heavy atom. The number of carboxylic acids is 1. The standard InChI is InChI=1S/C9H17NO5Si/c1-16(14,15)7-3-2-6-10-8(11)4-5-9(12)13/h4-5,14-15H,2-3,6-7H2,1H3,(H,10,11)(H,12,13). The second-order valence-electron chi connectivity index (χ2n) is 3.64. The molecule has 92 valence electrons. The monoisotopic (exact) mass is 247 g/mol. The van der Waals surface area contributed by atoms with E-state index in [2.05, 4.69) is 5.32 Å². The van der Waals surface area contributed by atoms with Crippen LogP contribution < -0.4 is 5.32 Å². The SMILES string of the molecule is C[Si](O)(O)CCCCNC(=O)C=CC(=O)O. The molecule has 7 heteroatoms. The lowest BCUT2D eigenvalue weighted by atomic mass is 10.3. The molecule has 0 saturated carbocycles. The molecule has 4 N–H and O–H groups in total. The van der Waals surface area contributed by atoms with Crippen LogP contribution in [0, 0.1) is 0 Å². The number of hydrogen-bond donors (Lipinski definition) is 4. The molecule has 0 unspecified atom stereocenters. The van der Waals surface area contributed by atoms with E-state index in [1.807, 2.05) is 0 Å². The lowest BCUT2D eigenvalue weighted by Crippen LogP contribution is -2.30. The Labute approximate surface area is 94.9 Å². The molecule has 0 atom stereocenters. The average Bonchev–Trinajstić information content (AvgIpc) is 2.12. The Balaban J connectivity index is 3.53. The summed E-state index contributed by atoms with van der Waals surface area (Å²) in [5, 5.41) is 10.7. The summed E-state index contributed by atoms with van der Waals surface area (Å²) in [6.07, 6.45) is 2.97. The Morgan fingerprint density at radius 3 is 2.38 bits per heavy atom. The smallest absolute Gasteiger partial charge is 0.329 e. The fourth-order valence-corrected chi connectivity index (χ4v) is 1.92. The molecule has 0 saturated heterocycles. The van der Waals surface area contributed by atoms with E-state index in [0.717, 1.165) is 12.2 Å². The van der Waals surface area contributed by atoms with Gasteiger partial charge < -0.3 is 20.0 Å². The van der Waals surface area contributed by atoms with Crippen LogP contribution in [0.1, 0.15) is 12.8 Å². The van der Waals surface area contributed by atoms with E-state index in [1.165, 1.54) is 6.55 Å². The van der Waals surface area contributed by atoms with Gasteiger partial charge in [0.05, 0.1) is 0 Å². The highest BCUT2D eigenvalue weighted by Gasteiger charge is 2.19. The average molecular weight is 247 g/mol. The summed E-state index contributed by atoms with van der Waals surface area (Å²) in [7, 11) is -2.97. The minimum atomic E-state index is -2.97. The van der Waals surface area contributed by atoms with Crippen molar-refractivity contribution in [2.24, 2.45) is 0 Å². The number of rotatable bonds is 7. The molecule has 0 bridgehead atoms. The number of carbonyl (C=O) groups is 2. The molecule has 0 heterocycles. The van der Waals surface area contributed by atoms with Crippen LogP contribution in [-0.4, -0.2) is 41.7 Å². The normalized spacial score (nSPS) is 11.7. The predicted octanol–water partition coefficient (Wildman–Crippen LogP) is -0.420. The van der Waals surface area contributed by atoms with Crippen molar-refractivity contribution in [1.29, 1.82) is 0 Å². The van der Waals surface area contributed by atoms with Gasteiger partial charge in [-0.05, 0) is 25.4 Å². The van der Waals surface area contributed by atoms with Crippen molar-refractivity contribution in [2.45, 2.75) is 25.4 Å². The van der Waals surface area contributed by atoms with Gasteiger partial charge in [0.15, 0.2) is 0 Å². The van der Waals surface area contributed by atoms with E-state index >= 15 is 0 Å². The number of aliphatic carboxylic acids is 1. The number of carboxylic acid groups (broad SMARTS) is 1. The van der Waals surface area contributed by atoms with Crippen molar-refractivity contribution in [2.75, 3.05) is 6.54 Å². The van der Waals surface area contributed by atoms with Gasteiger partial charge in [-0.3, -0.25) is 4.79 Å². The minimum absolute atomic E-state index is 0.369. The van der Waals surface area contributed by atoms with E-state index in [9.17, 15) is 9.59 Å². The van der Waals surface area contributed by atoms with Crippen molar-refractivity contribution in [3.63, 3.8) is 0 Å². The first kappa shape index (κ1) is 14.8. The van der Waals surface area contributed by atoms with Gasteiger partial charge in [-0.2, -0.15) is 0 Å². The summed E-state index contributed by atoms with van der Waals surface area (Å²) in [5.41, 5.74) is 0. The van der Waals surface area contributed by atoms with E-state index < -0.39 is 20.4 Å². The number of carbonyl (C=O) groups excluding carboxylic acids is 1. The molecule has 1 amide bonds. The summed E-state index contributed by atoms with van der Waals surface area (Å²) in [6.45, 7) is 1.83. The van der Waals surface area contributed by atoms with Gasteiger partial charge in [0.2, 0.25) is 5.91 Å². The molecule has 0 aliphatic rings. The second kappa shape index (κ2) is 7.15. The van der Waals surface area contributed by atoms with Gasteiger partial charge in [0.1, 0.15) is 0 Å².